The molecule has 0 saturated carbocycles. The lowest BCUT2D eigenvalue weighted by Gasteiger charge is -2.38. The molecule has 1 aliphatic heterocycles. The molecule has 0 radical (unpaired) electrons. The van der Waals surface area contributed by atoms with Crippen LogP contribution >= 0.6 is 15.9 Å². The minimum Gasteiger partial charge on any atom is -0.369 e. The van der Waals surface area contributed by atoms with Crippen molar-refractivity contribution >= 4 is 21.6 Å². The molecule has 0 aliphatic carbocycles. The van der Waals surface area contributed by atoms with Crippen molar-refractivity contribution in [2.75, 3.05) is 32.1 Å². The number of hydrogen-bond donors (Lipinski definition) is 1. The van der Waals surface area contributed by atoms with E-state index in [2.05, 4.69) is 58.0 Å². The average molecular weight is 326 g/mol. The monoisotopic (exact) mass is 325 g/mol. The molecule has 106 valence electrons. The number of halogens is 1. The predicted octanol–water partition coefficient (Wildman–Crippen LogP) is 3.00. The van der Waals surface area contributed by atoms with Gasteiger partial charge in [-0.2, -0.15) is 0 Å². The van der Waals surface area contributed by atoms with E-state index in [0.717, 1.165) is 17.6 Å². The smallest absolute Gasteiger partial charge is 0.0511 e. The SMILES string of the molecule is C[C@H](N)c1ccc(N2CCCC(N(C)C)C2)c(Br)c1. The highest BCUT2D eigenvalue weighted by Gasteiger charge is 2.22. The van der Waals surface area contributed by atoms with E-state index in [4.69, 9.17) is 5.73 Å². The molecule has 1 aromatic carbocycles. The van der Waals surface area contributed by atoms with Gasteiger partial charge in [0.25, 0.3) is 0 Å². The van der Waals surface area contributed by atoms with Gasteiger partial charge in [-0.1, -0.05) is 6.07 Å². The van der Waals surface area contributed by atoms with E-state index in [1.807, 2.05) is 6.92 Å². The first-order valence-corrected chi connectivity index (χ1v) is 7.74. The maximum Gasteiger partial charge on any atom is 0.0511 e. The zero-order valence-electron chi connectivity index (χ0n) is 12.1. The molecule has 4 heteroatoms. The van der Waals surface area contributed by atoms with Crippen molar-refractivity contribution in [3.63, 3.8) is 0 Å². The van der Waals surface area contributed by atoms with Crippen LogP contribution in [-0.4, -0.2) is 38.1 Å². The molecule has 2 atom stereocenters. The molecule has 0 amide bonds. The van der Waals surface area contributed by atoms with Crippen molar-refractivity contribution in [2.45, 2.75) is 31.8 Å². The third-order valence-corrected chi connectivity index (χ3v) is 4.60. The zero-order valence-corrected chi connectivity index (χ0v) is 13.7. The molecule has 1 unspecified atom stereocenters. The van der Waals surface area contributed by atoms with Crippen LogP contribution in [0.25, 0.3) is 0 Å². The van der Waals surface area contributed by atoms with Crippen LogP contribution in [0.4, 0.5) is 5.69 Å². The Morgan fingerprint density at radius 3 is 2.74 bits per heavy atom. The summed E-state index contributed by atoms with van der Waals surface area (Å²) in [7, 11) is 4.34. The van der Waals surface area contributed by atoms with E-state index in [1.54, 1.807) is 0 Å². The number of hydrogen-bond acceptors (Lipinski definition) is 3. The van der Waals surface area contributed by atoms with Gasteiger partial charge in [0, 0.05) is 29.6 Å². The van der Waals surface area contributed by atoms with Crippen molar-refractivity contribution in [1.82, 2.24) is 4.90 Å². The Kier molecular flexibility index (Phi) is 4.87. The zero-order chi connectivity index (χ0) is 14.0. The Hall–Kier alpha value is -0.580. The quantitative estimate of drug-likeness (QED) is 0.927. The molecular formula is C15H24BrN3. The molecule has 2 rings (SSSR count). The van der Waals surface area contributed by atoms with E-state index < -0.39 is 0 Å². The number of anilines is 1. The normalized spacial score (nSPS) is 21.8. The van der Waals surface area contributed by atoms with Crippen LogP contribution in [-0.2, 0) is 0 Å². The van der Waals surface area contributed by atoms with Crippen LogP contribution < -0.4 is 10.6 Å². The summed E-state index contributed by atoms with van der Waals surface area (Å²) in [5, 5.41) is 0. The number of benzene rings is 1. The standard InChI is InChI=1S/C15H24BrN3/c1-11(17)12-6-7-15(14(16)9-12)19-8-4-5-13(10-19)18(2)3/h6-7,9,11,13H,4-5,8,10,17H2,1-3H3/t11-,13?/m0/s1. The number of likely N-dealkylation sites (N-methyl/N-ethyl adjacent to an activating group) is 1. The first kappa shape index (κ1) is 14.8. The van der Waals surface area contributed by atoms with Crippen molar-refractivity contribution < 1.29 is 0 Å². The molecule has 0 bridgehead atoms. The van der Waals surface area contributed by atoms with Gasteiger partial charge in [-0.05, 0) is 67.5 Å². The molecule has 1 fully saturated rings. The van der Waals surface area contributed by atoms with E-state index in [1.165, 1.54) is 24.1 Å². The van der Waals surface area contributed by atoms with Crippen LogP contribution in [0.2, 0.25) is 0 Å². The van der Waals surface area contributed by atoms with Crippen LogP contribution in [0, 0.1) is 0 Å². The van der Waals surface area contributed by atoms with E-state index >= 15 is 0 Å². The minimum absolute atomic E-state index is 0.0845. The Morgan fingerprint density at radius 2 is 2.16 bits per heavy atom. The number of piperidine rings is 1. The fourth-order valence-electron chi connectivity index (χ4n) is 2.66. The van der Waals surface area contributed by atoms with Gasteiger partial charge in [-0.15, -0.1) is 0 Å². The van der Waals surface area contributed by atoms with Crippen LogP contribution in [0.3, 0.4) is 0 Å². The lowest BCUT2D eigenvalue weighted by molar-refractivity contribution is 0.258. The number of rotatable bonds is 3. The molecule has 0 spiro atoms. The van der Waals surface area contributed by atoms with E-state index in [-0.39, 0.29) is 6.04 Å². The van der Waals surface area contributed by atoms with Crippen molar-refractivity contribution in [2.24, 2.45) is 5.73 Å². The van der Waals surface area contributed by atoms with Gasteiger partial charge >= 0.3 is 0 Å². The molecule has 2 N–H and O–H groups in total. The summed E-state index contributed by atoms with van der Waals surface area (Å²) in [6, 6.07) is 7.22. The lowest BCUT2D eigenvalue weighted by Crippen LogP contribution is -2.45. The molecule has 1 heterocycles. The van der Waals surface area contributed by atoms with E-state index in [0.29, 0.717) is 6.04 Å². The molecular weight excluding hydrogens is 302 g/mol. The van der Waals surface area contributed by atoms with Crippen molar-refractivity contribution in [3.8, 4) is 0 Å². The molecule has 1 saturated heterocycles. The van der Waals surface area contributed by atoms with Gasteiger partial charge in [0.1, 0.15) is 0 Å². The second-order valence-corrected chi connectivity index (χ2v) is 6.56. The molecule has 19 heavy (non-hydrogen) atoms. The van der Waals surface area contributed by atoms with E-state index in [9.17, 15) is 0 Å². The summed E-state index contributed by atoms with van der Waals surface area (Å²) < 4.78 is 1.15. The highest BCUT2D eigenvalue weighted by Crippen LogP contribution is 2.31. The van der Waals surface area contributed by atoms with Crippen molar-refractivity contribution in [3.05, 3.63) is 28.2 Å². The maximum atomic E-state index is 5.93. The molecule has 0 aromatic heterocycles. The van der Waals surface area contributed by atoms with Gasteiger partial charge < -0.3 is 15.5 Å². The number of nitrogens with zero attached hydrogens (tertiary/aromatic N) is 2. The fourth-order valence-corrected chi connectivity index (χ4v) is 3.31. The molecule has 1 aromatic rings. The summed E-state index contributed by atoms with van der Waals surface area (Å²) in [6.45, 7) is 4.26. The molecule has 3 nitrogen and oxygen atoms in total. The largest absolute Gasteiger partial charge is 0.369 e. The Balaban J connectivity index is 2.17. The van der Waals surface area contributed by atoms with Gasteiger partial charge in [0.05, 0.1) is 5.69 Å². The highest BCUT2D eigenvalue weighted by molar-refractivity contribution is 9.10. The van der Waals surface area contributed by atoms with Crippen LogP contribution in [0.5, 0.6) is 0 Å². The summed E-state index contributed by atoms with van der Waals surface area (Å²) in [4.78, 5) is 4.81. The Bertz CT molecular complexity index is 431. The average Bonchev–Trinajstić information content (AvgIpc) is 2.38. The number of nitrogens with two attached hydrogens (primary N) is 1. The van der Waals surface area contributed by atoms with Gasteiger partial charge in [0.2, 0.25) is 0 Å². The van der Waals surface area contributed by atoms with Gasteiger partial charge in [-0.3, -0.25) is 0 Å². The summed E-state index contributed by atoms with van der Waals surface area (Å²) in [6.07, 6.45) is 2.55. The lowest BCUT2D eigenvalue weighted by atomic mass is 10.0. The minimum atomic E-state index is 0.0845. The first-order valence-electron chi connectivity index (χ1n) is 6.95. The van der Waals surface area contributed by atoms with Crippen LogP contribution in [0.1, 0.15) is 31.4 Å². The Labute approximate surface area is 124 Å². The summed E-state index contributed by atoms with van der Waals surface area (Å²) in [5.41, 5.74) is 8.40. The first-order chi connectivity index (χ1) is 8.99. The van der Waals surface area contributed by atoms with Crippen molar-refractivity contribution in [1.29, 1.82) is 0 Å². The third kappa shape index (κ3) is 3.50. The third-order valence-electron chi connectivity index (χ3n) is 3.97. The topological polar surface area (TPSA) is 32.5 Å². The predicted molar refractivity (Wildman–Crippen MR) is 85.7 cm³/mol. The second-order valence-electron chi connectivity index (χ2n) is 5.71. The summed E-state index contributed by atoms with van der Waals surface area (Å²) in [5.74, 6) is 0. The molecule has 1 aliphatic rings. The van der Waals surface area contributed by atoms with Crippen LogP contribution in [0.15, 0.2) is 22.7 Å². The van der Waals surface area contributed by atoms with Gasteiger partial charge in [-0.25, -0.2) is 0 Å². The fraction of sp³-hybridized carbons (Fsp3) is 0.600. The second kappa shape index (κ2) is 6.25. The summed E-state index contributed by atoms with van der Waals surface area (Å²) >= 11 is 3.70. The van der Waals surface area contributed by atoms with Gasteiger partial charge in [0.15, 0.2) is 0 Å². The Morgan fingerprint density at radius 1 is 1.42 bits per heavy atom. The highest BCUT2D eigenvalue weighted by atomic mass is 79.9. The maximum absolute atomic E-state index is 5.93.